The van der Waals surface area contributed by atoms with Crippen LogP contribution >= 0.6 is 0 Å². The van der Waals surface area contributed by atoms with Crippen LogP contribution in [0.4, 0.5) is 0 Å². The summed E-state index contributed by atoms with van der Waals surface area (Å²) in [7, 11) is -3.51. The Morgan fingerprint density at radius 2 is 1.64 bits per heavy atom. The van der Waals surface area contributed by atoms with Crippen LogP contribution in [0.2, 0.25) is 0 Å². The lowest BCUT2D eigenvalue weighted by Crippen LogP contribution is -2.47. The summed E-state index contributed by atoms with van der Waals surface area (Å²) in [6.45, 7) is 6.80. The van der Waals surface area contributed by atoms with Crippen LogP contribution in [0.25, 0.3) is 0 Å². The summed E-state index contributed by atoms with van der Waals surface area (Å²) in [6.07, 6.45) is 2.55. The molecule has 2 amide bonds. The molecule has 0 aliphatic heterocycles. The zero-order valence-electron chi connectivity index (χ0n) is 19.7. The minimum atomic E-state index is -3.51. The molecule has 2 aromatic carbocycles. The summed E-state index contributed by atoms with van der Waals surface area (Å²) in [5.41, 5.74) is 1.82. The fraction of sp³-hybridized carbons (Fsp3) is 0.440. The third kappa shape index (κ3) is 8.29. The molecule has 33 heavy (non-hydrogen) atoms. The first-order valence-corrected chi connectivity index (χ1v) is 13.0. The molecule has 0 unspecified atom stereocenters. The quantitative estimate of drug-likeness (QED) is 0.437. The lowest BCUT2D eigenvalue weighted by atomic mass is 10.1. The maximum absolute atomic E-state index is 13.1. The molecule has 2 rings (SSSR count). The highest BCUT2D eigenvalue weighted by Crippen LogP contribution is 2.15. The van der Waals surface area contributed by atoms with Gasteiger partial charge in [0.05, 0.1) is 4.90 Å². The molecule has 0 aliphatic rings. The molecular formula is C25H35N3O4S. The first kappa shape index (κ1) is 26.5. The maximum Gasteiger partial charge on any atom is 0.242 e. The normalized spacial score (nSPS) is 12.2. The number of amides is 2. The van der Waals surface area contributed by atoms with E-state index in [4.69, 9.17) is 0 Å². The Hall–Kier alpha value is -2.71. The fourth-order valence-corrected chi connectivity index (χ4v) is 4.44. The molecule has 0 fully saturated rings. The van der Waals surface area contributed by atoms with Crippen LogP contribution < -0.4 is 10.0 Å². The van der Waals surface area contributed by atoms with E-state index in [1.165, 1.54) is 0 Å². The first-order chi connectivity index (χ1) is 15.8. The molecule has 0 aliphatic carbocycles. The number of hydrogen-bond donors (Lipinski definition) is 2. The third-order valence-electron chi connectivity index (χ3n) is 5.39. The lowest BCUT2D eigenvalue weighted by molar-refractivity contribution is -0.140. The zero-order valence-corrected chi connectivity index (χ0v) is 20.5. The van der Waals surface area contributed by atoms with Gasteiger partial charge >= 0.3 is 0 Å². The van der Waals surface area contributed by atoms with Gasteiger partial charge in [0.15, 0.2) is 0 Å². The van der Waals surface area contributed by atoms with Gasteiger partial charge < -0.3 is 10.2 Å². The van der Waals surface area contributed by atoms with E-state index in [2.05, 4.69) is 17.0 Å². The predicted octanol–water partition coefficient (Wildman–Crippen LogP) is 3.25. The Morgan fingerprint density at radius 1 is 0.970 bits per heavy atom. The van der Waals surface area contributed by atoms with Gasteiger partial charge in [-0.05, 0) is 43.0 Å². The largest absolute Gasteiger partial charge is 0.354 e. The van der Waals surface area contributed by atoms with Gasteiger partial charge in [-0.15, -0.1) is 0 Å². The number of benzene rings is 2. The Labute approximate surface area is 197 Å². The average molecular weight is 474 g/mol. The summed E-state index contributed by atoms with van der Waals surface area (Å²) >= 11 is 0. The van der Waals surface area contributed by atoms with Crippen molar-refractivity contribution in [2.45, 2.75) is 63.9 Å². The van der Waals surface area contributed by atoms with E-state index in [0.29, 0.717) is 26.1 Å². The minimum Gasteiger partial charge on any atom is -0.354 e. The Balaban J connectivity index is 2.08. The van der Waals surface area contributed by atoms with Crippen LogP contribution in [0.1, 0.15) is 51.2 Å². The molecule has 0 aromatic heterocycles. The molecule has 0 bridgehead atoms. The number of nitrogens with zero attached hydrogens (tertiary/aromatic N) is 1. The second kappa shape index (κ2) is 13.1. The van der Waals surface area contributed by atoms with E-state index in [-0.39, 0.29) is 23.1 Å². The van der Waals surface area contributed by atoms with Crippen molar-refractivity contribution in [3.05, 3.63) is 65.7 Å². The van der Waals surface area contributed by atoms with Crippen molar-refractivity contribution < 1.29 is 18.0 Å². The summed E-state index contributed by atoms with van der Waals surface area (Å²) in [5, 5.41) is 2.91. The van der Waals surface area contributed by atoms with Crippen LogP contribution in [0.3, 0.4) is 0 Å². The van der Waals surface area contributed by atoms with Crippen molar-refractivity contribution >= 4 is 21.8 Å². The van der Waals surface area contributed by atoms with E-state index in [0.717, 1.165) is 24.0 Å². The van der Waals surface area contributed by atoms with Gasteiger partial charge in [-0.1, -0.05) is 62.7 Å². The highest BCUT2D eigenvalue weighted by atomic mass is 32.2. The molecule has 7 nitrogen and oxygen atoms in total. The van der Waals surface area contributed by atoms with Crippen molar-refractivity contribution in [1.82, 2.24) is 14.9 Å². The second-order valence-corrected chi connectivity index (χ2v) is 9.74. The van der Waals surface area contributed by atoms with Crippen molar-refractivity contribution in [3.8, 4) is 0 Å². The van der Waals surface area contributed by atoms with E-state index < -0.39 is 16.1 Å². The number of rotatable bonds is 13. The van der Waals surface area contributed by atoms with E-state index in [1.807, 2.05) is 30.3 Å². The van der Waals surface area contributed by atoms with Crippen LogP contribution in [-0.2, 0) is 32.6 Å². The maximum atomic E-state index is 13.1. The molecule has 0 saturated carbocycles. The molecular weight excluding hydrogens is 438 g/mol. The molecule has 0 heterocycles. The van der Waals surface area contributed by atoms with E-state index in [9.17, 15) is 18.0 Å². The van der Waals surface area contributed by atoms with Crippen LogP contribution in [0.15, 0.2) is 59.5 Å². The van der Waals surface area contributed by atoms with Gasteiger partial charge in [-0.2, -0.15) is 0 Å². The zero-order chi connectivity index (χ0) is 24.3. The monoisotopic (exact) mass is 473 g/mol. The Kier molecular flexibility index (Phi) is 10.5. The highest BCUT2D eigenvalue weighted by Gasteiger charge is 2.25. The van der Waals surface area contributed by atoms with E-state index >= 15 is 0 Å². The molecule has 180 valence electrons. The fourth-order valence-electron chi connectivity index (χ4n) is 3.40. The number of unbranched alkanes of at least 4 members (excludes halogenated alkanes) is 1. The highest BCUT2D eigenvalue weighted by molar-refractivity contribution is 7.89. The molecule has 8 heteroatoms. The topological polar surface area (TPSA) is 95.6 Å². The molecule has 2 N–H and O–H groups in total. The number of nitrogens with one attached hydrogen (secondary N) is 2. The minimum absolute atomic E-state index is 0.124. The SMILES string of the molecule is CCCCNC(=O)[C@@H](C)N(Cc1ccccc1)C(=O)CCc1ccc(S(=O)(=O)NCC)cc1. The average Bonchev–Trinajstić information content (AvgIpc) is 2.81. The summed E-state index contributed by atoms with van der Waals surface area (Å²) < 4.78 is 26.7. The Morgan fingerprint density at radius 3 is 2.24 bits per heavy atom. The molecule has 1 atom stereocenters. The van der Waals surface area contributed by atoms with Gasteiger partial charge in [0, 0.05) is 26.1 Å². The van der Waals surface area contributed by atoms with Crippen LogP contribution in [-0.4, -0.2) is 44.3 Å². The number of hydrogen-bond acceptors (Lipinski definition) is 4. The number of aryl methyl sites for hydroxylation is 1. The standard InChI is InChI=1S/C25H35N3O4S/c1-4-6-18-26-25(30)20(3)28(19-22-10-8-7-9-11-22)24(29)17-14-21-12-15-23(16-13-21)33(31,32)27-5-2/h7-13,15-16,20,27H,4-6,14,17-19H2,1-3H3,(H,26,30)/t20-/m1/s1. The molecule has 0 saturated heterocycles. The second-order valence-electron chi connectivity index (χ2n) is 7.97. The number of carbonyl (C=O) groups is 2. The van der Waals surface area contributed by atoms with Gasteiger partial charge in [-0.25, -0.2) is 13.1 Å². The van der Waals surface area contributed by atoms with Crippen LogP contribution in [0, 0.1) is 0 Å². The van der Waals surface area contributed by atoms with Gasteiger partial charge in [0.2, 0.25) is 21.8 Å². The molecule has 0 radical (unpaired) electrons. The summed E-state index contributed by atoms with van der Waals surface area (Å²) in [6, 6.07) is 15.5. The number of carbonyl (C=O) groups excluding carboxylic acids is 2. The Bertz CT molecular complexity index is 992. The number of sulfonamides is 1. The van der Waals surface area contributed by atoms with Crippen molar-refractivity contribution in [3.63, 3.8) is 0 Å². The lowest BCUT2D eigenvalue weighted by Gasteiger charge is -2.29. The van der Waals surface area contributed by atoms with Crippen molar-refractivity contribution in [2.75, 3.05) is 13.1 Å². The molecule has 0 spiro atoms. The van der Waals surface area contributed by atoms with Crippen molar-refractivity contribution in [1.29, 1.82) is 0 Å². The van der Waals surface area contributed by atoms with Gasteiger partial charge in [0.1, 0.15) is 6.04 Å². The van der Waals surface area contributed by atoms with Crippen molar-refractivity contribution in [2.24, 2.45) is 0 Å². The molecule has 2 aromatic rings. The summed E-state index contributed by atoms with van der Waals surface area (Å²) in [5.74, 6) is -0.285. The predicted molar refractivity (Wildman–Crippen MR) is 130 cm³/mol. The van der Waals surface area contributed by atoms with E-state index in [1.54, 1.807) is 43.0 Å². The third-order valence-corrected chi connectivity index (χ3v) is 6.95. The summed E-state index contributed by atoms with van der Waals surface area (Å²) in [4.78, 5) is 27.6. The first-order valence-electron chi connectivity index (χ1n) is 11.5. The van der Waals surface area contributed by atoms with Gasteiger partial charge in [-0.3, -0.25) is 9.59 Å². The van der Waals surface area contributed by atoms with Crippen LogP contribution in [0.5, 0.6) is 0 Å². The smallest absolute Gasteiger partial charge is 0.242 e. The van der Waals surface area contributed by atoms with Gasteiger partial charge in [0.25, 0.3) is 0 Å².